The number of ether oxygens (including phenoxy) is 1. The maximum Gasteiger partial charge on any atom is 0.0964 e. The third kappa shape index (κ3) is 4.43. The van der Waals surface area contributed by atoms with E-state index in [0.29, 0.717) is 0 Å². The summed E-state index contributed by atoms with van der Waals surface area (Å²) in [6.45, 7) is 4.59. The van der Waals surface area contributed by atoms with Gasteiger partial charge in [0.1, 0.15) is 0 Å². The van der Waals surface area contributed by atoms with Gasteiger partial charge in [-0.1, -0.05) is 6.42 Å². The average molecular weight is 236 g/mol. The van der Waals surface area contributed by atoms with Crippen LogP contribution in [0.1, 0.15) is 38.5 Å². The molecule has 0 spiro atoms. The minimum Gasteiger partial charge on any atom is -0.498 e. The Morgan fingerprint density at radius 3 is 2.65 bits per heavy atom. The van der Waals surface area contributed by atoms with Crippen LogP contribution in [-0.4, -0.2) is 31.1 Å². The van der Waals surface area contributed by atoms with Gasteiger partial charge in [0.2, 0.25) is 0 Å². The van der Waals surface area contributed by atoms with Crippen LogP contribution in [0.4, 0.5) is 0 Å². The van der Waals surface area contributed by atoms with Crippen molar-refractivity contribution in [3.05, 3.63) is 23.6 Å². The second-order valence-electron chi connectivity index (χ2n) is 4.98. The second-order valence-corrected chi connectivity index (χ2v) is 4.98. The molecular formula is C14H24N2O. The molecule has 2 N–H and O–H groups in total. The van der Waals surface area contributed by atoms with Gasteiger partial charge < -0.3 is 15.4 Å². The van der Waals surface area contributed by atoms with E-state index in [1.807, 2.05) is 12.2 Å². The largest absolute Gasteiger partial charge is 0.498 e. The van der Waals surface area contributed by atoms with Gasteiger partial charge in [-0.15, -0.1) is 0 Å². The van der Waals surface area contributed by atoms with Crippen LogP contribution in [0.3, 0.4) is 0 Å². The summed E-state index contributed by atoms with van der Waals surface area (Å²) in [6.07, 6.45) is 11.2. The van der Waals surface area contributed by atoms with Crippen LogP contribution >= 0.6 is 0 Å². The summed E-state index contributed by atoms with van der Waals surface area (Å²) >= 11 is 0. The quantitative estimate of drug-likeness (QED) is 0.745. The van der Waals surface area contributed by atoms with Crippen molar-refractivity contribution in [3.8, 4) is 0 Å². The van der Waals surface area contributed by atoms with E-state index in [2.05, 4.69) is 4.90 Å². The van der Waals surface area contributed by atoms with Crippen LogP contribution in [0.25, 0.3) is 0 Å². The summed E-state index contributed by atoms with van der Waals surface area (Å²) in [5.41, 5.74) is 6.67. The lowest BCUT2D eigenvalue weighted by molar-refractivity contribution is 0.164. The fraction of sp³-hybridized carbons (Fsp3) is 0.714. The SMILES string of the molecule is NC1=CC=C(OCCCN2CCCCC2)CC1. The van der Waals surface area contributed by atoms with E-state index in [-0.39, 0.29) is 0 Å². The van der Waals surface area contributed by atoms with Crippen molar-refractivity contribution in [2.24, 2.45) is 5.73 Å². The summed E-state index contributed by atoms with van der Waals surface area (Å²) in [5, 5.41) is 0. The van der Waals surface area contributed by atoms with E-state index in [9.17, 15) is 0 Å². The molecule has 17 heavy (non-hydrogen) atoms. The highest BCUT2D eigenvalue weighted by molar-refractivity contribution is 5.18. The molecular weight excluding hydrogens is 212 g/mol. The third-order valence-corrected chi connectivity index (χ3v) is 3.50. The number of likely N-dealkylation sites (tertiary alicyclic amines) is 1. The molecule has 3 heteroatoms. The van der Waals surface area contributed by atoms with Crippen molar-refractivity contribution in [1.82, 2.24) is 4.90 Å². The molecule has 2 aliphatic rings. The van der Waals surface area contributed by atoms with Crippen molar-refractivity contribution < 1.29 is 4.74 Å². The minimum absolute atomic E-state index is 0.843. The van der Waals surface area contributed by atoms with Crippen molar-refractivity contribution in [1.29, 1.82) is 0 Å². The Hall–Kier alpha value is -0.960. The summed E-state index contributed by atoms with van der Waals surface area (Å²) in [5.74, 6) is 1.10. The number of hydrogen-bond acceptors (Lipinski definition) is 3. The van der Waals surface area contributed by atoms with Gasteiger partial charge in [0.15, 0.2) is 0 Å². The van der Waals surface area contributed by atoms with Gasteiger partial charge in [0.25, 0.3) is 0 Å². The molecule has 1 saturated heterocycles. The first-order valence-corrected chi connectivity index (χ1v) is 6.85. The van der Waals surface area contributed by atoms with Crippen molar-refractivity contribution in [3.63, 3.8) is 0 Å². The van der Waals surface area contributed by atoms with E-state index in [1.165, 1.54) is 38.9 Å². The van der Waals surface area contributed by atoms with E-state index in [4.69, 9.17) is 10.5 Å². The summed E-state index contributed by atoms with van der Waals surface area (Å²) in [6, 6.07) is 0. The van der Waals surface area contributed by atoms with Gasteiger partial charge in [0, 0.05) is 18.7 Å². The molecule has 0 aromatic rings. The Morgan fingerprint density at radius 1 is 1.12 bits per heavy atom. The maximum atomic E-state index is 5.76. The van der Waals surface area contributed by atoms with E-state index in [0.717, 1.165) is 37.3 Å². The van der Waals surface area contributed by atoms with Crippen LogP contribution in [-0.2, 0) is 4.74 Å². The van der Waals surface area contributed by atoms with Crippen LogP contribution in [0.5, 0.6) is 0 Å². The third-order valence-electron chi connectivity index (χ3n) is 3.50. The van der Waals surface area contributed by atoms with Crippen LogP contribution < -0.4 is 5.73 Å². The molecule has 0 radical (unpaired) electrons. The molecule has 0 atom stereocenters. The zero-order valence-corrected chi connectivity index (χ0v) is 10.7. The lowest BCUT2D eigenvalue weighted by atomic mass is 10.1. The Kier molecular flexibility index (Phi) is 4.92. The minimum atomic E-state index is 0.843. The zero-order chi connectivity index (χ0) is 11.9. The predicted molar refractivity (Wildman–Crippen MR) is 70.4 cm³/mol. The highest BCUT2D eigenvalue weighted by atomic mass is 16.5. The number of nitrogens with zero attached hydrogens (tertiary/aromatic N) is 1. The molecule has 1 fully saturated rings. The van der Waals surface area contributed by atoms with E-state index >= 15 is 0 Å². The topological polar surface area (TPSA) is 38.5 Å². The van der Waals surface area contributed by atoms with Crippen LogP contribution in [0.15, 0.2) is 23.6 Å². The summed E-state index contributed by atoms with van der Waals surface area (Å²) in [7, 11) is 0. The number of piperidine rings is 1. The van der Waals surface area contributed by atoms with Gasteiger partial charge in [-0.2, -0.15) is 0 Å². The average Bonchev–Trinajstić information content (AvgIpc) is 2.38. The van der Waals surface area contributed by atoms with Gasteiger partial charge in [-0.3, -0.25) is 0 Å². The lowest BCUT2D eigenvalue weighted by Gasteiger charge is -2.26. The number of nitrogens with two attached hydrogens (primary N) is 1. The Balaban J connectivity index is 1.57. The smallest absolute Gasteiger partial charge is 0.0964 e. The molecule has 2 rings (SSSR count). The molecule has 1 aliphatic heterocycles. The number of allylic oxidation sites excluding steroid dienone is 4. The molecule has 0 aromatic carbocycles. The molecule has 0 bridgehead atoms. The second kappa shape index (κ2) is 6.70. The van der Waals surface area contributed by atoms with Crippen LogP contribution in [0, 0.1) is 0 Å². The zero-order valence-electron chi connectivity index (χ0n) is 10.7. The molecule has 0 unspecified atom stereocenters. The fourth-order valence-electron chi connectivity index (χ4n) is 2.43. The highest BCUT2D eigenvalue weighted by Gasteiger charge is 2.09. The number of hydrogen-bond donors (Lipinski definition) is 1. The summed E-state index contributed by atoms with van der Waals surface area (Å²) in [4.78, 5) is 2.56. The highest BCUT2D eigenvalue weighted by Crippen LogP contribution is 2.16. The molecule has 0 saturated carbocycles. The monoisotopic (exact) mass is 236 g/mol. The molecule has 1 aliphatic carbocycles. The summed E-state index contributed by atoms with van der Waals surface area (Å²) < 4.78 is 5.76. The molecule has 3 nitrogen and oxygen atoms in total. The normalized spacial score (nSPS) is 21.9. The van der Waals surface area contributed by atoms with Crippen LogP contribution in [0.2, 0.25) is 0 Å². The Bertz CT molecular complexity index is 291. The molecule has 1 heterocycles. The predicted octanol–water partition coefficient (Wildman–Crippen LogP) is 2.40. The van der Waals surface area contributed by atoms with E-state index < -0.39 is 0 Å². The Labute approximate surface area is 104 Å². The Morgan fingerprint density at radius 2 is 1.94 bits per heavy atom. The van der Waals surface area contributed by atoms with Gasteiger partial charge >= 0.3 is 0 Å². The van der Waals surface area contributed by atoms with Crippen molar-refractivity contribution in [2.45, 2.75) is 38.5 Å². The van der Waals surface area contributed by atoms with Crippen molar-refractivity contribution >= 4 is 0 Å². The lowest BCUT2D eigenvalue weighted by Crippen LogP contribution is -2.31. The molecule has 96 valence electrons. The fourth-order valence-corrected chi connectivity index (χ4v) is 2.43. The van der Waals surface area contributed by atoms with Crippen molar-refractivity contribution in [2.75, 3.05) is 26.2 Å². The van der Waals surface area contributed by atoms with Gasteiger partial charge in [0.05, 0.1) is 12.4 Å². The molecule has 0 aromatic heterocycles. The first kappa shape index (κ1) is 12.5. The standard InChI is InChI=1S/C14H24N2O/c15-13-5-7-14(8-6-13)17-12-4-11-16-9-2-1-3-10-16/h5,7H,1-4,6,8-12,15H2. The first-order chi connectivity index (χ1) is 8.34. The first-order valence-electron chi connectivity index (χ1n) is 6.85. The van der Waals surface area contributed by atoms with Gasteiger partial charge in [-0.25, -0.2) is 0 Å². The number of rotatable bonds is 5. The van der Waals surface area contributed by atoms with Gasteiger partial charge in [-0.05, 0) is 50.9 Å². The molecule has 0 amide bonds. The maximum absolute atomic E-state index is 5.76. The van der Waals surface area contributed by atoms with E-state index in [1.54, 1.807) is 0 Å².